The van der Waals surface area contributed by atoms with E-state index in [-0.39, 0.29) is 0 Å². The van der Waals surface area contributed by atoms with Crippen molar-refractivity contribution in [3.8, 4) is 11.3 Å². The fourth-order valence-corrected chi connectivity index (χ4v) is 1.38. The predicted octanol–water partition coefficient (Wildman–Crippen LogP) is 1.92. The number of nitrogen functional groups attached to an aromatic ring is 1. The van der Waals surface area contributed by atoms with Crippen molar-refractivity contribution in [1.29, 1.82) is 0 Å². The molecular formula is C9H8ClN3. The van der Waals surface area contributed by atoms with Gasteiger partial charge in [0.05, 0.1) is 10.7 Å². The van der Waals surface area contributed by atoms with Crippen molar-refractivity contribution in [2.75, 3.05) is 5.84 Å². The molecule has 0 aliphatic carbocycles. The fraction of sp³-hybridized carbons (Fsp3) is 0. The minimum Gasteiger partial charge on any atom is -0.323 e. The van der Waals surface area contributed by atoms with Crippen molar-refractivity contribution < 1.29 is 0 Å². The highest BCUT2D eigenvalue weighted by Crippen LogP contribution is 2.25. The summed E-state index contributed by atoms with van der Waals surface area (Å²) in [5.41, 5.74) is 1.68. The van der Waals surface area contributed by atoms with Crippen molar-refractivity contribution in [1.82, 2.24) is 9.89 Å². The van der Waals surface area contributed by atoms with Crippen LogP contribution in [0.4, 0.5) is 0 Å². The van der Waals surface area contributed by atoms with Crippen molar-refractivity contribution in [2.24, 2.45) is 0 Å². The largest absolute Gasteiger partial charge is 0.323 e. The molecule has 4 heteroatoms. The van der Waals surface area contributed by atoms with Gasteiger partial charge in [-0.2, -0.15) is 9.89 Å². The first-order chi connectivity index (χ1) is 6.27. The molecule has 0 bridgehead atoms. The second-order valence-electron chi connectivity index (χ2n) is 2.66. The van der Waals surface area contributed by atoms with Crippen LogP contribution in [-0.2, 0) is 0 Å². The fourth-order valence-electron chi connectivity index (χ4n) is 1.15. The van der Waals surface area contributed by atoms with Gasteiger partial charge in [0.1, 0.15) is 0 Å². The van der Waals surface area contributed by atoms with E-state index in [4.69, 9.17) is 17.4 Å². The number of halogens is 1. The summed E-state index contributed by atoms with van der Waals surface area (Å²) in [5, 5.41) is 4.73. The predicted molar refractivity (Wildman–Crippen MR) is 52.8 cm³/mol. The highest BCUT2D eigenvalue weighted by atomic mass is 35.5. The third-order valence-corrected chi connectivity index (χ3v) is 2.09. The molecule has 0 aliphatic rings. The van der Waals surface area contributed by atoms with Crippen LogP contribution in [0.25, 0.3) is 11.3 Å². The monoisotopic (exact) mass is 193 g/mol. The van der Waals surface area contributed by atoms with E-state index in [1.807, 2.05) is 30.3 Å². The van der Waals surface area contributed by atoms with Gasteiger partial charge in [0.15, 0.2) is 0 Å². The van der Waals surface area contributed by atoms with Crippen molar-refractivity contribution >= 4 is 11.6 Å². The van der Waals surface area contributed by atoms with Crippen LogP contribution < -0.4 is 5.84 Å². The van der Waals surface area contributed by atoms with Crippen LogP contribution in [0, 0.1) is 0 Å². The van der Waals surface area contributed by atoms with Gasteiger partial charge >= 0.3 is 0 Å². The van der Waals surface area contributed by atoms with Crippen LogP contribution in [0.15, 0.2) is 36.5 Å². The highest BCUT2D eigenvalue weighted by molar-refractivity contribution is 6.33. The Labute approximate surface area is 80.7 Å². The minimum absolute atomic E-state index is 0.682. The van der Waals surface area contributed by atoms with Crippen molar-refractivity contribution in [2.45, 2.75) is 0 Å². The maximum Gasteiger partial charge on any atom is 0.0959 e. The van der Waals surface area contributed by atoms with E-state index >= 15 is 0 Å². The topological polar surface area (TPSA) is 43.8 Å². The Hall–Kier alpha value is -1.48. The number of nitrogens with two attached hydrogens (primary N) is 1. The van der Waals surface area contributed by atoms with Gasteiger partial charge in [-0.05, 0) is 12.1 Å². The molecule has 0 aliphatic heterocycles. The Bertz CT molecular complexity index is 422. The number of hydrogen-bond donors (Lipinski definition) is 1. The standard InChI is InChI=1S/C9H8ClN3/c10-8-4-2-1-3-7(8)9-5-6-13(11)12-9/h1-6H,11H2. The van der Waals surface area contributed by atoms with Crippen molar-refractivity contribution in [3.63, 3.8) is 0 Å². The summed E-state index contributed by atoms with van der Waals surface area (Å²) in [6, 6.07) is 9.35. The van der Waals surface area contributed by atoms with Gasteiger partial charge in [-0.3, -0.25) is 0 Å². The van der Waals surface area contributed by atoms with Crippen molar-refractivity contribution in [3.05, 3.63) is 41.6 Å². The number of aromatic nitrogens is 2. The Morgan fingerprint density at radius 1 is 1.23 bits per heavy atom. The molecule has 13 heavy (non-hydrogen) atoms. The van der Waals surface area contributed by atoms with Crippen LogP contribution in [0.5, 0.6) is 0 Å². The lowest BCUT2D eigenvalue weighted by molar-refractivity contribution is 0.836. The third kappa shape index (κ3) is 1.51. The first-order valence-electron chi connectivity index (χ1n) is 3.83. The van der Waals surface area contributed by atoms with E-state index < -0.39 is 0 Å². The molecule has 1 heterocycles. The zero-order chi connectivity index (χ0) is 9.26. The van der Waals surface area contributed by atoms with Gasteiger partial charge in [0.2, 0.25) is 0 Å². The SMILES string of the molecule is Nn1ccc(-c2ccccc2Cl)n1. The molecule has 0 radical (unpaired) electrons. The van der Waals surface area contributed by atoms with Gasteiger partial charge in [-0.1, -0.05) is 29.8 Å². The summed E-state index contributed by atoms with van der Waals surface area (Å²) in [6.45, 7) is 0. The summed E-state index contributed by atoms with van der Waals surface area (Å²) in [7, 11) is 0. The first kappa shape index (κ1) is 8.13. The molecule has 1 aromatic heterocycles. The summed E-state index contributed by atoms with van der Waals surface area (Å²) >= 11 is 5.98. The smallest absolute Gasteiger partial charge is 0.0959 e. The van der Waals surface area contributed by atoms with Crippen LogP contribution in [0.2, 0.25) is 5.02 Å². The zero-order valence-electron chi connectivity index (χ0n) is 6.81. The molecule has 0 fully saturated rings. The number of rotatable bonds is 1. The third-order valence-electron chi connectivity index (χ3n) is 1.76. The Morgan fingerprint density at radius 3 is 2.62 bits per heavy atom. The lowest BCUT2D eigenvalue weighted by Crippen LogP contribution is -2.07. The Morgan fingerprint density at radius 2 is 2.00 bits per heavy atom. The van der Waals surface area contributed by atoms with E-state index in [9.17, 15) is 0 Å². The summed E-state index contributed by atoms with van der Waals surface area (Å²) < 4.78 is 0. The van der Waals surface area contributed by atoms with E-state index in [0.29, 0.717) is 5.02 Å². The molecule has 66 valence electrons. The quantitative estimate of drug-likeness (QED) is 0.704. The molecule has 0 spiro atoms. The number of benzene rings is 1. The molecule has 0 saturated carbocycles. The van der Waals surface area contributed by atoms with Crippen LogP contribution in [0.1, 0.15) is 0 Å². The zero-order valence-corrected chi connectivity index (χ0v) is 7.57. The van der Waals surface area contributed by atoms with Gasteiger partial charge in [-0.15, -0.1) is 0 Å². The van der Waals surface area contributed by atoms with Gasteiger partial charge in [0.25, 0.3) is 0 Å². The van der Waals surface area contributed by atoms with E-state index in [1.54, 1.807) is 6.20 Å². The lowest BCUT2D eigenvalue weighted by Gasteiger charge is -1.98. The number of nitrogens with zero attached hydrogens (tertiary/aromatic N) is 2. The second-order valence-corrected chi connectivity index (χ2v) is 3.07. The summed E-state index contributed by atoms with van der Waals surface area (Å²) in [4.78, 5) is 1.26. The van der Waals surface area contributed by atoms with E-state index in [0.717, 1.165) is 11.3 Å². The first-order valence-corrected chi connectivity index (χ1v) is 4.21. The normalized spacial score (nSPS) is 10.2. The molecule has 0 atom stereocenters. The van der Waals surface area contributed by atoms with Gasteiger partial charge < -0.3 is 5.84 Å². The highest BCUT2D eigenvalue weighted by Gasteiger charge is 2.04. The maximum absolute atomic E-state index is 5.98. The molecule has 1 aromatic carbocycles. The minimum atomic E-state index is 0.682. The summed E-state index contributed by atoms with van der Waals surface area (Å²) in [6.07, 6.45) is 1.68. The molecular weight excluding hydrogens is 186 g/mol. The van der Waals surface area contributed by atoms with E-state index in [1.165, 1.54) is 4.79 Å². The average molecular weight is 194 g/mol. The molecule has 2 rings (SSSR count). The Balaban J connectivity index is 2.52. The maximum atomic E-state index is 5.98. The average Bonchev–Trinajstić information content (AvgIpc) is 2.53. The number of hydrogen-bond acceptors (Lipinski definition) is 2. The van der Waals surface area contributed by atoms with Crippen LogP contribution in [0.3, 0.4) is 0 Å². The molecule has 3 nitrogen and oxygen atoms in total. The molecule has 0 amide bonds. The molecule has 0 saturated heterocycles. The lowest BCUT2D eigenvalue weighted by atomic mass is 10.2. The van der Waals surface area contributed by atoms with Gasteiger partial charge in [0, 0.05) is 11.8 Å². The van der Waals surface area contributed by atoms with E-state index in [2.05, 4.69) is 5.10 Å². The molecule has 0 unspecified atom stereocenters. The Kier molecular flexibility index (Phi) is 1.94. The molecule has 2 N–H and O–H groups in total. The molecule has 2 aromatic rings. The summed E-state index contributed by atoms with van der Waals surface area (Å²) in [5.74, 6) is 5.43. The second kappa shape index (κ2) is 3.11. The van der Waals surface area contributed by atoms with Crippen LogP contribution in [-0.4, -0.2) is 9.89 Å². The van der Waals surface area contributed by atoms with Gasteiger partial charge in [-0.25, -0.2) is 0 Å². The van der Waals surface area contributed by atoms with Crippen LogP contribution >= 0.6 is 11.6 Å².